The molecule has 0 radical (unpaired) electrons. The molecule has 0 atom stereocenters. The van der Waals surface area contributed by atoms with E-state index in [2.05, 4.69) is 0 Å². The highest BCUT2D eigenvalue weighted by atomic mass is 16.4. The average molecular weight is 251 g/mol. The molecule has 1 N–H and O–H groups in total. The quantitative estimate of drug-likeness (QED) is 0.790. The van der Waals surface area contributed by atoms with Gasteiger partial charge in [0.1, 0.15) is 0 Å². The molecular formula is C14H21NO3. The van der Waals surface area contributed by atoms with E-state index in [-0.39, 0.29) is 5.56 Å². The molecule has 0 fully saturated rings. The van der Waals surface area contributed by atoms with Crippen molar-refractivity contribution < 1.29 is 9.90 Å². The van der Waals surface area contributed by atoms with Gasteiger partial charge in [-0.1, -0.05) is 12.5 Å². The van der Waals surface area contributed by atoms with Crippen molar-refractivity contribution in [2.45, 2.75) is 46.6 Å². The minimum atomic E-state index is -0.768. The minimum absolute atomic E-state index is 0.0370. The zero-order chi connectivity index (χ0) is 13.8. The van der Waals surface area contributed by atoms with Gasteiger partial charge in [0.15, 0.2) is 0 Å². The standard InChI is InChI=1S/C14H21NO3/c1-11-7-6-10-15(12(11)16)9-5-4-8-14(2,3)13(17)18/h6-7,10H,4-5,8-9H2,1-3H3,(H,17,18). The molecule has 18 heavy (non-hydrogen) atoms. The summed E-state index contributed by atoms with van der Waals surface area (Å²) >= 11 is 0. The fourth-order valence-electron chi connectivity index (χ4n) is 1.79. The fourth-order valence-corrected chi connectivity index (χ4v) is 1.79. The number of rotatable bonds is 6. The summed E-state index contributed by atoms with van der Waals surface area (Å²) in [5, 5.41) is 8.98. The molecule has 0 saturated heterocycles. The van der Waals surface area contributed by atoms with E-state index >= 15 is 0 Å². The van der Waals surface area contributed by atoms with Crippen LogP contribution in [0.3, 0.4) is 0 Å². The molecule has 0 aromatic carbocycles. The SMILES string of the molecule is Cc1cccn(CCCCC(C)(C)C(=O)O)c1=O. The van der Waals surface area contributed by atoms with Crippen molar-refractivity contribution in [3.8, 4) is 0 Å². The molecule has 1 rings (SSSR count). The van der Waals surface area contributed by atoms with Gasteiger partial charge in [-0.2, -0.15) is 0 Å². The Kier molecular flexibility index (Phi) is 4.70. The van der Waals surface area contributed by atoms with Crippen LogP contribution in [0.1, 0.15) is 38.7 Å². The molecular weight excluding hydrogens is 230 g/mol. The maximum Gasteiger partial charge on any atom is 0.309 e. The summed E-state index contributed by atoms with van der Waals surface area (Å²) in [6.07, 6.45) is 4.03. The lowest BCUT2D eigenvalue weighted by Crippen LogP contribution is -2.24. The molecule has 1 aromatic heterocycles. The number of hydrogen-bond acceptors (Lipinski definition) is 2. The number of aliphatic carboxylic acids is 1. The second-order valence-electron chi connectivity index (χ2n) is 5.34. The molecule has 1 aromatic rings. The van der Waals surface area contributed by atoms with Crippen LogP contribution in [-0.4, -0.2) is 15.6 Å². The Morgan fingerprint density at radius 1 is 1.39 bits per heavy atom. The number of unbranched alkanes of at least 4 members (excludes halogenated alkanes) is 1. The van der Waals surface area contributed by atoms with Gasteiger partial charge in [-0.25, -0.2) is 0 Å². The van der Waals surface area contributed by atoms with Gasteiger partial charge in [-0.3, -0.25) is 9.59 Å². The number of hydrogen-bond donors (Lipinski definition) is 1. The smallest absolute Gasteiger partial charge is 0.309 e. The first-order chi connectivity index (χ1) is 8.34. The maximum atomic E-state index is 11.7. The number of carboxylic acid groups (broad SMARTS) is 1. The largest absolute Gasteiger partial charge is 0.481 e. The van der Waals surface area contributed by atoms with Gasteiger partial charge in [-0.05, 0) is 39.7 Å². The van der Waals surface area contributed by atoms with Crippen molar-refractivity contribution in [2.75, 3.05) is 0 Å². The third kappa shape index (κ3) is 3.72. The summed E-state index contributed by atoms with van der Waals surface area (Å²) < 4.78 is 1.68. The zero-order valence-corrected chi connectivity index (χ0v) is 11.3. The Morgan fingerprint density at radius 3 is 2.67 bits per heavy atom. The normalized spacial score (nSPS) is 11.5. The molecule has 0 spiro atoms. The van der Waals surface area contributed by atoms with Crippen molar-refractivity contribution in [1.82, 2.24) is 4.57 Å². The van der Waals surface area contributed by atoms with Gasteiger partial charge in [0.2, 0.25) is 0 Å². The van der Waals surface area contributed by atoms with E-state index in [1.807, 2.05) is 6.07 Å². The van der Waals surface area contributed by atoms with Crippen LogP contribution in [0.4, 0.5) is 0 Å². The van der Waals surface area contributed by atoms with E-state index in [1.165, 1.54) is 0 Å². The summed E-state index contributed by atoms with van der Waals surface area (Å²) in [7, 11) is 0. The van der Waals surface area contributed by atoms with E-state index in [4.69, 9.17) is 5.11 Å². The molecule has 0 aliphatic carbocycles. The molecule has 100 valence electrons. The monoisotopic (exact) mass is 251 g/mol. The maximum absolute atomic E-state index is 11.7. The second-order valence-corrected chi connectivity index (χ2v) is 5.34. The molecule has 0 amide bonds. The second kappa shape index (κ2) is 5.85. The van der Waals surface area contributed by atoms with Crippen molar-refractivity contribution in [3.05, 3.63) is 34.2 Å². The summed E-state index contributed by atoms with van der Waals surface area (Å²) in [4.78, 5) is 22.7. The predicted octanol–water partition coefficient (Wildman–Crippen LogP) is 2.44. The number of nitrogens with zero attached hydrogens (tertiary/aromatic N) is 1. The van der Waals surface area contributed by atoms with E-state index in [1.54, 1.807) is 37.6 Å². The van der Waals surface area contributed by atoms with Crippen molar-refractivity contribution in [1.29, 1.82) is 0 Å². The molecule has 0 aliphatic heterocycles. The van der Waals surface area contributed by atoms with Crippen LogP contribution in [0.2, 0.25) is 0 Å². The van der Waals surface area contributed by atoms with Gasteiger partial charge in [0.25, 0.3) is 5.56 Å². The first-order valence-electron chi connectivity index (χ1n) is 6.24. The number of carbonyl (C=O) groups is 1. The van der Waals surface area contributed by atoms with Crippen molar-refractivity contribution in [3.63, 3.8) is 0 Å². The third-order valence-electron chi connectivity index (χ3n) is 3.24. The highest BCUT2D eigenvalue weighted by Gasteiger charge is 2.25. The Labute approximate surface area is 107 Å². The van der Waals surface area contributed by atoms with Crippen LogP contribution in [0.5, 0.6) is 0 Å². The van der Waals surface area contributed by atoms with Crippen molar-refractivity contribution in [2.24, 2.45) is 5.41 Å². The lowest BCUT2D eigenvalue weighted by molar-refractivity contribution is -0.147. The molecule has 0 aliphatic rings. The topological polar surface area (TPSA) is 59.3 Å². The predicted molar refractivity (Wildman–Crippen MR) is 70.7 cm³/mol. The molecule has 0 saturated carbocycles. The molecule has 0 unspecified atom stereocenters. The van der Waals surface area contributed by atoms with Crippen LogP contribution >= 0.6 is 0 Å². The number of aryl methyl sites for hydroxylation is 2. The average Bonchev–Trinajstić information content (AvgIpc) is 2.29. The summed E-state index contributed by atoms with van der Waals surface area (Å²) in [5.41, 5.74) is 0.0933. The van der Waals surface area contributed by atoms with Crippen LogP contribution in [0.25, 0.3) is 0 Å². The Hall–Kier alpha value is -1.58. The third-order valence-corrected chi connectivity index (χ3v) is 3.24. The van der Waals surface area contributed by atoms with Gasteiger partial charge in [-0.15, -0.1) is 0 Å². The lowest BCUT2D eigenvalue weighted by Gasteiger charge is -2.18. The van der Waals surface area contributed by atoms with Gasteiger partial charge in [0.05, 0.1) is 5.41 Å². The van der Waals surface area contributed by atoms with Crippen LogP contribution in [0, 0.1) is 12.3 Å². The molecule has 4 heteroatoms. The van der Waals surface area contributed by atoms with E-state index < -0.39 is 11.4 Å². The highest BCUT2D eigenvalue weighted by Crippen LogP contribution is 2.23. The van der Waals surface area contributed by atoms with E-state index in [0.717, 1.165) is 18.4 Å². The molecule has 4 nitrogen and oxygen atoms in total. The van der Waals surface area contributed by atoms with Gasteiger partial charge in [0, 0.05) is 18.3 Å². The molecule has 0 bridgehead atoms. The minimum Gasteiger partial charge on any atom is -0.481 e. The first-order valence-corrected chi connectivity index (χ1v) is 6.24. The van der Waals surface area contributed by atoms with Crippen molar-refractivity contribution >= 4 is 5.97 Å². The number of carboxylic acids is 1. The first kappa shape index (κ1) is 14.5. The highest BCUT2D eigenvalue weighted by molar-refractivity contribution is 5.73. The Morgan fingerprint density at radius 2 is 2.06 bits per heavy atom. The van der Waals surface area contributed by atoms with E-state index in [9.17, 15) is 9.59 Å². The van der Waals surface area contributed by atoms with Crippen LogP contribution in [0.15, 0.2) is 23.1 Å². The number of aromatic nitrogens is 1. The zero-order valence-electron chi connectivity index (χ0n) is 11.3. The Balaban J connectivity index is 2.46. The molecule has 1 heterocycles. The van der Waals surface area contributed by atoms with Gasteiger partial charge >= 0.3 is 5.97 Å². The summed E-state index contributed by atoms with van der Waals surface area (Å²) in [6, 6.07) is 3.66. The summed E-state index contributed by atoms with van der Waals surface area (Å²) in [5.74, 6) is -0.768. The van der Waals surface area contributed by atoms with Gasteiger partial charge < -0.3 is 9.67 Å². The summed E-state index contributed by atoms with van der Waals surface area (Å²) in [6.45, 7) is 5.91. The number of pyridine rings is 1. The van der Waals surface area contributed by atoms with Crippen LogP contribution < -0.4 is 5.56 Å². The van der Waals surface area contributed by atoms with Crippen LogP contribution in [-0.2, 0) is 11.3 Å². The fraction of sp³-hybridized carbons (Fsp3) is 0.571. The Bertz CT molecular complexity index is 474. The lowest BCUT2D eigenvalue weighted by atomic mass is 9.87. The van der Waals surface area contributed by atoms with E-state index in [0.29, 0.717) is 13.0 Å².